The molecule has 1 amide bonds. The second kappa shape index (κ2) is 3.41. The topological polar surface area (TPSA) is 50.4 Å². The average molecular weight is 144 g/mol. The van der Waals surface area contributed by atoms with Crippen molar-refractivity contribution in [1.82, 2.24) is 10.6 Å². The Kier molecular flexibility index (Phi) is 2.50. The van der Waals surface area contributed by atoms with E-state index in [-0.39, 0.29) is 6.09 Å². The lowest BCUT2D eigenvalue weighted by Gasteiger charge is -2.26. The van der Waals surface area contributed by atoms with Gasteiger partial charge in [-0.1, -0.05) is 0 Å². The predicted octanol–water partition coefficient (Wildman–Crippen LogP) is -0.438. The number of hydrogen-bond donors (Lipinski definition) is 2. The summed E-state index contributed by atoms with van der Waals surface area (Å²) in [6.07, 6.45) is -0.341. The highest BCUT2D eigenvalue weighted by atomic mass is 16.5. The second-order valence-electron chi connectivity index (χ2n) is 2.40. The summed E-state index contributed by atoms with van der Waals surface area (Å²) in [4.78, 5) is 10.5. The van der Waals surface area contributed by atoms with Gasteiger partial charge in [0.25, 0.3) is 0 Å². The van der Waals surface area contributed by atoms with Gasteiger partial charge in [-0.2, -0.15) is 0 Å². The average Bonchev–Trinajstić information content (AvgIpc) is 1.84. The molecule has 0 unspecified atom stereocenters. The highest BCUT2D eigenvalue weighted by molar-refractivity contribution is 5.66. The SMILES string of the molecule is COC(=O)NCC1CNC1. The Morgan fingerprint density at radius 2 is 2.50 bits per heavy atom. The molecule has 1 aliphatic heterocycles. The largest absolute Gasteiger partial charge is 0.453 e. The van der Waals surface area contributed by atoms with Gasteiger partial charge in [0.05, 0.1) is 7.11 Å². The molecule has 0 aromatic rings. The van der Waals surface area contributed by atoms with Crippen LogP contribution >= 0.6 is 0 Å². The van der Waals surface area contributed by atoms with Crippen molar-refractivity contribution in [3.63, 3.8) is 0 Å². The van der Waals surface area contributed by atoms with Gasteiger partial charge in [0, 0.05) is 25.6 Å². The Bertz CT molecular complexity index is 123. The number of carbonyl (C=O) groups is 1. The monoisotopic (exact) mass is 144 g/mol. The fraction of sp³-hybridized carbons (Fsp3) is 0.833. The molecular formula is C6H12N2O2. The first kappa shape index (κ1) is 7.34. The van der Waals surface area contributed by atoms with E-state index in [2.05, 4.69) is 15.4 Å². The summed E-state index contributed by atoms with van der Waals surface area (Å²) in [7, 11) is 1.37. The van der Waals surface area contributed by atoms with E-state index in [1.165, 1.54) is 7.11 Å². The van der Waals surface area contributed by atoms with Crippen LogP contribution in [0, 0.1) is 5.92 Å². The Morgan fingerprint density at radius 1 is 1.80 bits per heavy atom. The normalized spacial score (nSPS) is 17.7. The number of carbonyl (C=O) groups excluding carboxylic acids is 1. The first-order chi connectivity index (χ1) is 4.83. The third-order valence-corrected chi connectivity index (χ3v) is 1.59. The number of nitrogens with one attached hydrogen (secondary N) is 2. The van der Waals surface area contributed by atoms with E-state index in [1.807, 2.05) is 0 Å². The first-order valence-corrected chi connectivity index (χ1v) is 3.35. The van der Waals surface area contributed by atoms with Crippen molar-refractivity contribution < 1.29 is 9.53 Å². The number of hydrogen-bond acceptors (Lipinski definition) is 3. The van der Waals surface area contributed by atoms with Gasteiger partial charge >= 0.3 is 6.09 Å². The molecule has 4 heteroatoms. The Morgan fingerprint density at radius 3 is 2.90 bits per heavy atom. The Hall–Kier alpha value is -0.770. The summed E-state index contributed by atoms with van der Waals surface area (Å²) in [5.41, 5.74) is 0. The number of amides is 1. The molecule has 1 fully saturated rings. The van der Waals surface area contributed by atoms with Crippen LogP contribution in [-0.2, 0) is 4.74 Å². The molecule has 0 aromatic heterocycles. The zero-order valence-corrected chi connectivity index (χ0v) is 6.02. The maximum absolute atomic E-state index is 10.5. The Balaban J connectivity index is 1.98. The van der Waals surface area contributed by atoms with E-state index in [0.717, 1.165) is 19.6 Å². The van der Waals surface area contributed by atoms with Crippen molar-refractivity contribution in [3.05, 3.63) is 0 Å². The minimum Gasteiger partial charge on any atom is -0.453 e. The van der Waals surface area contributed by atoms with Gasteiger partial charge in [0.2, 0.25) is 0 Å². The molecule has 2 N–H and O–H groups in total. The maximum atomic E-state index is 10.5. The zero-order valence-electron chi connectivity index (χ0n) is 6.02. The summed E-state index contributed by atoms with van der Waals surface area (Å²) in [6.45, 7) is 2.73. The van der Waals surface area contributed by atoms with Crippen LogP contribution in [0.1, 0.15) is 0 Å². The van der Waals surface area contributed by atoms with Gasteiger partial charge in [0.15, 0.2) is 0 Å². The lowest BCUT2D eigenvalue weighted by Crippen LogP contribution is -2.48. The lowest BCUT2D eigenvalue weighted by molar-refractivity contribution is 0.167. The molecule has 10 heavy (non-hydrogen) atoms. The fourth-order valence-corrected chi connectivity index (χ4v) is 0.793. The number of alkyl carbamates (subject to hydrolysis) is 1. The van der Waals surface area contributed by atoms with E-state index >= 15 is 0 Å². The van der Waals surface area contributed by atoms with Gasteiger partial charge < -0.3 is 15.4 Å². The van der Waals surface area contributed by atoms with Gasteiger partial charge in [-0.3, -0.25) is 0 Å². The van der Waals surface area contributed by atoms with Gasteiger partial charge in [-0.05, 0) is 0 Å². The smallest absolute Gasteiger partial charge is 0.406 e. The van der Waals surface area contributed by atoms with Crippen molar-refractivity contribution in [2.75, 3.05) is 26.7 Å². The molecule has 0 radical (unpaired) electrons. The van der Waals surface area contributed by atoms with Crippen molar-refractivity contribution in [2.45, 2.75) is 0 Å². The van der Waals surface area contributed by atoms with Gasteiger partial charge in [-0.15, -0.1) is 0 Å². The summed E-state index contributed by atoms with van der Waals surface area (Å²) in [5.74, 6) is 0.596. The highest BCUT2D eigenvalue weighted by Gasteiger charge is 2.16. The molecule has 0 aromatic carbocycles. The molecule has 0 atom stereocenters. The summed E-state index contributed by atoms with van der Waals surface area (Å²) < 4.78 is 4.40. The first-order valence-electron chi connectivity index (χ1n) is 3.35. The van der Waals surface area contributed by atoms with Crippen molar-refractivity contribution >= 4 is 6.09 Å². The zero-order chi connectivity index (χ0) is 7.40. The maximum Gasteiger partial charge on any atom is 0.406 e. The third kappa shape index (κ3) is 1.88. The molecule has 0 saturated carbocycles. The minimum atomic E-state index is -0.341. The summed E-state index contributed by atoms with van der Waals surface area (Å²) in [5, 5.41) is 5.74. The molecule has 58 valence electrons. The lowest BCUT2D eigenvalue weighted by atomic mass is 10.0. The number of methoxy groups -OCH3 is 1. The van der Waals surface area contributed by atoms with Crippen LogP contribution in [0.25, 0.3) is 0 Å². The van der Waals surface area contributed by atoms with Crippen LogP contribution in [-0.4, -0.2) is 32.8 Å². The van der Waals surface area contributed by atoms with Crippen LogP contribution < -0.4 is 10.6 Å². The van der Waals surface area contributed by atoms with Crippen LogP contribution in [0.15, 0.2) is 0 Å². The number of ether oxygens (including phenoxy) is 1. The summed E-state index contributed by atoms with van der Waals surface area (Å²) in [6, 6.07) is 0. The van der Waals surface area contributed by atoms with E-state index in [9.17, 15) is 4.79 Å². The quantitative estimate of drug-likeness (QED) is 0.552. The minimum absolute atomic E-state index is 0.341. The van der Waals surface area contributed by atoms with Crippen molar-refractivity contribution in [1.29, 1.82) is 0 Å². The molecule has 0 bridgehead atoms. The van der Waals surface area contributed by atoms with Gasteiger partial charge in [-0.25, -0.2) is 4.79 Å². The standard InChI is InChI=1S/C6H12N2O2/c1-10-6(9)8-4-5-2-7-3-5/h5,7H,2-4H2,1H3,(H,8,9). The van der Waals surface area contributed by atoms with Crippen molar-refractivity contribution in [3.8, 4) is 0 Å². The molecule has 1 heterocycles. The summed E-state index contributed by atoms with van der Waals surface area (Å²) >= 11 is 0. The van der Waals surface area contributed by atoms with Crippen LogP contribution in [0.3, 0.4) is 0 Å². The van der Waals surface area contributed by atoms with E-state index in [0.29, 0.717) is 5.92 Å². The van der Waals surface area contributed by atoms with E-state index in [4.69, 9.17) is 0 Å². The number of rotatable bonds is 2. The van der Waals surface area contributed by atoms with Crippen LogP contribution in [0.4, 0.5) is 4.79 Å². The Labute approximate surface area is 59.9 Å². The molecule has 4 nitrogen and oxygen atoms in total. The fourth-order valence-electron chi connectivity index (χ4n) is 0.793. The molecule has 0 aliphatic carbocycles. The van der Waals surface area contributed by atoms with Crippen LogP contribution in [0.2, 0.25) is 0 Å². The molecule has 0 spiro atoms. The molecule has 1 aliphatic rings. The molecule has 1 saturated heterocycles. The highest BCUT2D eigenvalue weighted by Crippen LogP contribution is 1.99. The van der Waals surface area contributed by atoms with Crippen LogP contribution in [0.5, 0.6) is 0 Å². The molecule has 1 rings (SSSR count). The van der Waals surface area contributed by atoms with Gasteiger partial charge in [0.1, 0.15) is 0 Å². The molecular weight excluding hydrogens is 132 g/mol. The van der Waals surface area contributed by atoms with E-state index in [1.54, 1.807) is 0 Å². The van der Waals surface area contributed by atoms with E-state index < -0.39 is 0 Å². The third-order valence-electron chi connectivity index (χ3n) is 1.59. The second-order valence-corrected chi connectivity index (χ2v) is 2.40. The predicted molar refractivity (Wildman–Crippen MR) is 36.8 cm³/mol. The van der Waals surface area contributed by atoms with Crippen molar-refractivity contribution in [2.24, 2.45) is 5.92 Å².